The van der Waals surface area contributed by atoms with Gasteiger partial charge in [-0.05, 0) is 61.7 Å². The van der Waals surface area contributed by atoms with E-state index in [1.54, 1.807) is 0 Å². The molecule has 21 heavy (non-hydrogen) atoms. The minimum atomic E-state index is -0.0380. The topological polar surface area (TPSA) is 29.1 Å². The Morgan fingerprint density at radius 1 is 1.10 bits per heavy atom. The van der Waals surface area contributed by atoms with Crippen LogP contribution < -0.4 is 5.32 Å². The molecule has 0 spiro atoms. The van der Waals surface area contributed by atoms with Crippen LogP contribution in [-0.2, 0) is 6.42 Å². The first kappa shape index (κ1) is 16.2. The van der Waals surface area contributed by atoms with Gasteiger partial charge in [-0.2, -0.15) is 0 Å². The lowest BCUT2D eigenvalue weighted by molar-refractivity contribution is 0.0940. The first-order valence-corrected chi connectivity index (χ1v) is 8.35. The Kier molecular flexibility index (Phi) is 5.59. The van der Waals surface area contributed by atoms with Crippen LogP contribution in [0.25, 0.3) is 0 Å². The van der Waals surface area contributed by atoms with E-state index in [1.165, 1.54) is 5.56 Å². The second-order valence-corrected chi connectivity index (χ2v) is 7.05. The molecule has 1 amide bonds. The van der Waals surface area contributed by atoms with Crippen molar-refractivity contribution in [3.63, 3.8) is 0 Å². The summed E-state index contributed by atoms with van der Waals surface area (Å²) in [5.41, 5.74) is 2.95. The van der Waals surface area contributed by atoms with Crippen molar-refractivity contribution in [1.29, 1.82) is 0 Å². The third-order valence-corrected chi connectivity index (χ3v) is 4.12. The van der Waals surface area contributed by atoms with Gasteiger partial charge >= 0.3 is 0 Å². The lowest BCUT2D eigenvalue weighted by Gasteiger charge is -2.14. The Labute approximate surface area is 142 Å². The molecule has 0 heterocycles. The van der Waals surface area contributed by atoms with E-state index in [-0.39, 0.29) is 11.9 Å². The first-order valence-electron chi connectivity index (χ1n) is 6.76. The Morgan fingerprint density at radius 2 is 1.76 bits per heavy atom. The first-order chi connectivity index (χ1) is 9.94. The molecule has 0 aliphatic carbocycles. The number of aryl methyl sites for hydroxylation is 1. The Hall–Kier alpha value is -1.13. The monoisotopic (exact) mass is 409 g/mol. The molecule has 0 aliphatic heterocycles. The van der Waals surface area contributed by atoms with Crippen LogP contribution in [0.5, 0.6) is 0 Å². The van der Waals surface area contributed by atoms with Crippen molar-refractivity contribution in [3.8, 4) is 0 Å². The van der Waals surface area contributed by atoms with Crippen LogP contribution in [0.1, 0.15) is 28.4 Å². The summed E-state index contributed by atoms with van der Waals surface area (Å²) in [5, 5.41) is 3.04. The third-order valence-electron chi connectivity index (χ3n) is 3.14. The summed E-state index contributed by atoms with van der Waals surface area (Å²) in [7, 11) is 0. The maximum atomic E-state index is 12.3. The maximum absolute atomic E-state index is 12.3. The van der Waals surface area contributed by atoms with Crippen molar-refractivity contribution in [3.05, 3.63) is 68.1 Å². The quantitative estimate of drug-likeness (QED) is 0.764. The lowest BCUT2D eigenvalue weighted by Crippen LogP contribution is -2.34. The number of benzene rings is 2. The van der Waals surface area contributed by atoms with E-state index < -0.39 is 0 Å². The van der Waals surface area contributed by atoms with Gasteiger partial charge in [0.25, 0.3) is 5.91 Å². The van der Waals surface area contributed by atoms with E-state index in [1.807, 2.05) is 44.2 Å². The zero-order chi connectivity index (χ0) is 15.4. The van der Waals surface area contributed by atoms with Crippen LogP contribution in [0.2, 0.25) is 0 Å². The van der Waals surface area contributed by atoms with Gasteiger partial charge in [0.2, 0.25) is 0 Å². The molecule has 4 heteroatoms. The third kappa shape index (κ3) is 4.97. The molecule has 0 fully saturated rings. The van der Waals surface area contributed by atoms with Crippen LogP contribution >= 0.6 is 31.9 Å². The van der Waals surface area contributed by atoms with E-state index in [4.69, 9.17) is 0 Å². The van der Waals surface area contributed by atoms with E-state index in [0.29, 0.717) is 5.56 Å². The minimum absolute atomic E-state index is 0.0380. The number of rotatable bonds is 4. The fourth-order valence-corrected chi connectivity index (χ4v) is 3.07. The molecule has 2 rings (SSSR count). The van der Waals surface area contributed by atoms with E-state index in [0.717, 1.165) is 20.9 Å². The number of halogens is 2. The van der Waals surface area contributed by atoms with Crippen molar-refractivity contribution < 1.29 is 4.79 Å². The maximum Gasteiger partial charge on any atom is 0.251 e. The van der Waals surface area contributed by atoms with Gasteiger partial charge in [0.1, 0.15) is 0 Å². The summed E-state index contributed by atoms with van der Waals surface area (Å²) in [6, 6.07) is 14.0. The molecule has 0 aliphatic rings. The predicted octanol–water partition coefficient (Wildman–Crippen LogP) is 4.88. The SMILES string of the molecule is Cc1cc(Br)cc(C(=O)NC(C)Cc2ccc(Br)cc2)c1. The average Bonchev–Trinajstić information content (AvgIpc) is 2.40. The van der Waals surface area contributed by atoms with Gasteiger partial charge in [-0.1, -0.05) is 44.0 Å². The predicted molar refractivity (Wildman–Crippen MR) is 93.7 cm³/mol. The fourth-order valence-electron chi connectivity index (χ4n) is 2.20. The fraction of sp³-hybridized carbons (Fsp3) is 0.235. The number of hydrogen-bond acceptors (Lipinski definition) is 1. The number of amides is 1. The zero-order valence-corrected chi connectivity index (χ0v) is 15.2. The summed E-state index contributed by atoms with van der Waals surface area (Å²) in [5.74, 6) is -0.0380. The van der Waals surface area contributed by atoms with Gasteiger partial charge in [-0.15, -0.1) is 0 Å². The van der Waals surface area contributed by atoms with Gasteiger partial charge < -0.3 is 5.32 Å². The van der Waals surface area contributed by atoms with Gasteiger partial charge in [0.15, 0.2) is 0 Å². The summed E-state index contributed by atoms with van der Waals surface area (Å²) in [4.78, 5) is 12.3. The van der Waals surface area contributed by atoms with Crippen LogP contribution in [0.15, 0.2) is 51.4 Å². The van der Waals surface area contributed by atoms with Gasteiger partial charge in [0.05, 0.1) is 0 Å². The number of nitrogens with one attached hydrogen (secondary N) is 1. The number of carbonyl (C=O) groups excluding carboxylic acids is 1. The Bertz CT molecular complexity index is 617. The molecule has 0 bridgehead atoms. The molecule has 110 valence electrons. The average molecular weight is 411 g/mol. The highest BCUT2D eigenvalue weighted by Crippen LogP contribution is 2.16. The molecule has 1 N–H and O–H groups in total. The second kappa shape index (κ2) is 7.23. The standard InChI is InChI=1S/C17H17Br2NO/c1-11-7-14(10-16(19)8-11)17(21)20-12(2)9-13-3-5-15(18)6-4-13/h3-8,10,12H,9H2,1-2H3,(H,20,21). The van der Waals surface area contributed by atoms with Crippen LogP contribution in [0, 0.1) is 6.92 Å². The molecule has 2 aromatic carbocycles. The highest BCUT2D eigenvalue weighted by Gasteiger charge is 2.11. The van der Waals surface area contributed by atoms with Gasteiger partial charge in [0, 0.05) is 20.6 Å². The molecule has 0 radical (unpaired) electrons. The van der Waals surface area contributed by atoms with Gasteiger partial charge in [-0.3, -0.25) is 4.79 Å². The highest BCUT2D eigenvalue weighted by molar-refractivity contribution is 9.10. The largest absolute Gasteiger partial charge is 0.349 e. The molecule has 1 unspecified atom stereocenters. The number of hydrogen-bond donors (Lipinski definition) is 1. The van der Waals surface area contributed by atoms with Crippen LogP contribution in [0.3, 0.4) is 0 Å². The second-order valence-electron chi connectivity index (χ2n) is 5.22. The van der Waals surface area contributed by atoms with Crippen LogP contribution in [0.4, 0.5) is 0 Å². The molecule has 0 saturated heterocycles. The normalized spacial score (nSPS) is 12.0. The van der Waals surface area contributed by atoms with Crippen LogP contribution in [-0.4, -0.2) is 11.9 Å². The summed E-state index contributed by atoms with van der Waals surface area (Å²) < 4.78 is 1.99. The van der Waals surface area contributed by atoms with E-state index >= 15 is 0 Å². The molecule has 0 saturated carbocycles. The van der Waals surface area contributed by atoms with E-state index in [9.17, 15) is 4.79 Å². The Balaban J connectivity index is 2.00. The summed E-state index contributed by atoms with van der Waals surface area (Å²) >= 11 is 6.85. The summed E-state index contributed by atoms with van der Waals surface area (Å²) in [6.07, 6.45) is 0.812. The molecular weight excluding hydrogens is 394 g/mol. The Morgan fingerprint density at radius 3 is 2.38 bits per heavy atom. The molecule has 0 aromatic heterocycles. The van der Waals surface area contributed by atoms with Crippen molar-refractivity contribution in [2.24, 2.45) is 0 Å². The van der Waals surface area contributed by atoms with Crippen molar-refractivity contribution in [2.75, 3.05) is 0 Å². The van der Waals surface area contributed by atoms with Crippen molar-refractivity contribution >= 4 is 37.8 Å². The molecule has 2 nitrogen and oxygen atoms in total. The zero-order valence-electron chi connectivity index (χ0n) is 12.0. The number of carbonyl (C=O) groups is 1. The van der Waals surface area contributed by atoms with Crippen molar-refractivity contribution in [2.45, 2.75) is 26.3 Å². The molecular formula is C17H17Br2NO. The smallest absolute Gasteiger partial charge is 0.251 e. The highest BCUT2D eigenvalue weighted by atomic mass is 79.9. The van der Waals surface area contributed by atoms with Crippen molar-refractivity contribution in [1.82, 2.24) is 5.32 Å². The van der Waals surface area contributed by atoms with E-state index in [2.05, 4.69) is 49.3 Å². The molecule has 1 atom stereocenters. The lowest BCUT2D eigenvalue weighted by atomic mass is 10.1. The minimum Gasteiger partial charge on any atom is -0.349 e. The molecule has 2 aromatic rings. The van der Waals surface area contributed by atoms with Gasteiger partial charge in [-0.25, -0.2) is 0 Å². The summed E-state index contributed by atoms with van der Waals surface area (Å²) in [6.45, 7) is 4.00.